The molecule has 0 spiro atoms. The summed E-state index contributed by atoms with van der Waals surface area (Å²) in [5.74, 6) is 0.0157. The van der Waals surface area contributed by atoms with Crippen LogP contribution in [0.2, 0.25) is 0 Å². The van der Waals surface area contributed by atoms with Crippen molar-refractivity contribution in [3.63, 3.8) is 0 Å². The van der Waals surface area contributed by atoms with E-state index in [0.29, 0.717) is 12.2 Å². The Morgan fingerprint density at radius 3 is 2.73 bits per heavy atom. The van der Waals surface area contributed by atoms with Crippen molar-refractivity contribution < 1.29 is 14.3 Å². The highest BCUT2D eigenvalue weighted by Gasteiger charge is 2.52. The highest BCUT2D eigenvalue weighted by molar-refractivity contribution is 5.97. The number of esters is 1. The van der Waals surface area contributed by atoms with E-state index in [1.165, 1.54) is 0 Å². The molecule has 118 valence electrons. The smallest absolute Gasteiger partial charge is 0.329 e. The number of rotatable bonds is 5. The van der Waals surface area contributed by atoms with E-state index < -0.39 is 0 Å². The maximum Gasteiger partial charge on any atom is 0.329 e. The predicted octanol–water partition coefficient (Wildman–Crippen LogP) is 3.02. The van der Waals surface area contributed by atoms with Gasteiger partial charge in [-0.2, -0.15) is 0 Å². The van der Waals surface area contributed by atoms with Crippen molar-refractivity contribution >= 4 is 11.9 Å². The summed E-state index contributed by atoms with van der Waals surface area (Å²) in [4.78, 5) is 27.0. The van der Waals surface area contributed by atoms with Crippen LogP contribution in [0.4, 0.5) is 0 Å². The summed E-state index contributed by atoms with van der Waals surface area (Å²) in [6.07, 6.45) is 4.83. The van der Waals surface area contributed by atoms with E-state index in [2.05, 4.69) is 6.92 Å². The van der Waals surface area contributed by atoms with E-state index in [4.69, 9.17) is 4.74 Å². The molecule has 0 aromatic heterocycles. The number of hydrogen-bond acceptors (Lipinski definition) is 3. The lowest BCUT2D eigenvalue weighted by atomic mass is 9.98. The standard InChI is InChI=1S/C18H23NO3/c1-2-3-11-22-18(21)16-14-9-10-15(12-14)19(16)17(20)13-7-5-4-6-8-13/h4-8,14-16H,2-3,9-12H2,1H3. The van der Waals surface area contributed by atoms with Gasteiger partial charge in [0.1, 0.15) is 6.04 Å². The van der Waals surface area contributed by atoms with Crippen LogP contribution in [0.5, 0.6) is 0 Å². The van der Waals surface area contributed by atoms with Gasteiger partial charge in [0.15, 0.2) is 0 Å². The number of carbonyl (C=O) groups is 2. The first kappa shape index (κ1) is 15.1. The summed E-state index contributed by atoms with van der Waals surface area (Å²) in [6, 6.07) is 9.04. The third-order valence-corrected chi connectivity index (χ3v) is 4.82. The molecule has 2 fully saturated rings. The number of piperidine rings is 1. The Hall–Kier alpha value is -1.84. The Labute approximate surface area is 131 Å². The van der Waals surface area contributed by atoms with Crippen LogP contribution in [0, 0.1) is 5.92 Å². The molecular weight excluding hydrogens is 278 g/mol. The van der Waals surface area contributed by atoms with Crippen molar-refractivity contribution in [2.75, 3.05) is 6.61 Å². The van der Waals surface area contributed by atoms with E-state index in [0.717, 1.165) is 32.1 Å². The molecule has 22 heavy (non-hydrogen) atoms. The third-order valence-electron chi connectivity index (χ3n) is 4.82. The molecule has 1 aliphatic carbocycles. The Morgan fingerprint density at radius 2 is 2.00 bits per heavy atom. The molecule has 1 aromatic carbocycles. The molecule has 4 heteroatoms. The molecule has 2 bridgehead atoms. The average molecular weight is 301 g/mol. The van der Waals surface area contributed by atoms with Crippen molar-refractivity contribution in [1.82, 2.24) is 4.90 Å². The zero-order valence-corrected chi connectivity index (χ0v) is 13.0. The predicted molar refractivity (Wildman–Crippen MR) is 83.4 cm³/mol. The quantitative estimate of drug-likeness (QED) is 0.620. The van der Waals surface area contributed by atoms with Gasteiger partial charge in [-0.25, -0.2) is 4.79 Å². The number of hydrogen-bond donors (Lipinski definition) is 0. The summed E-state index contributed by atoms with van der Waals surface area (Å²) >= 11 is 0. The minimum absolute atomic E-state index is 0.0368. The molecule has 2 aliphatic rings. The molecule has 1 saturated heterocycles. The van der Waals surface area contributed by atoms with E-state index in [1.54, 1.807) is 4.90 Å². The monoisotopic (exact) mass is 301 g/mol. The van der Waals surface area contributed by atoms with Crippen molar-refractivity contribution in [3.8, 4) is 0 Å². The van der Waals surface area contributed by atoms with Crippen LogP contribution in [-0.2, 0) is 9.53 Å². The first-order chi connectivity index (χ1) is 10.7. The fourth-order valence-electron chi connectivity index (χ4n) is 3.72. The van der Waals surface area contributed by atoms with Crippen molar-refractivity contribution in [2.24, 2.45) is 5.92 Å². The van der Waals surface area contributed by atoms with E-state index >= 15 is 0 Å². The second-order valence-corrected chi connectivity index (χ2v) is 6.27. The maximum absolute atomic E-state index is 12.8. The highest BCUT2D eigenvalue weighted by atomic mass is 16.5. The Morgan fingerprint density at radius 1 is 1.23 bits per heavy atom. The highest BCUT2D eigenvalue weighted by Crippen LogP contribution is 2.43. The first-order valence-corrected chi connectivity index (χ1v) is 8.26. The molecule has 1 heterocycles. The van der Waals surface area contributed by atoms with Crippen LogP contribution in [-0.4, -0.2) is 35.5 Å². The molecule has 1 saturated carbocycles. The number of benzene rings is 1. The topological polar surface area (TPSA) is 46.6 Å². The van der Waals surface area contributed by atoms with Crippen LogP contribution in [0.1, 0.15) is 49.4 Å². The second-order valence-electron chi connectivity index (χ2n) is 6.27. The second kappa shape index (κ2) is 6.51. The summed E-state index contributed by atoms with van der Waals surface area (Å²) in [7, 11) is 0. The van der Waals surface area contributed by atoms with Gasteiger partial charge in [0.25, 0.3) is 5.91 Å². The van der Waals surface area contributed by atoms with Gasteiger partial charge in [-0.15, -0.1) is 0 Å². The molecule has 0 N–H and O–H groups in total. The number of unbranched alkanes of at least 4 members (excludes halogenated alkanes) is 1. The van der Waals surface area contributed by atoms with Gasteiger partial charge in [-0.1, -0.05) is 31.5 Å². The Bertz CT molecular complexity index is 543. The number of fused-ring (bicyclic) bond motifs is 2. The minimum Gasteiger partial charge on any atom is -0.464 e. The maximum atomic E-state index is 12.8. The van der Waals surface area contributed by atoms with Crippen LogP contribution in [0.25, 0.3) is 0 Å². The lowest BCUT2D eigenvalue weighted by molar-refractivity contribution is -0.150. The Kier molecular flexibility index (Phi) is 4.46. The average Bonchev–Trinajstić information content (AvgIpc) is 3.16. The SMILES string of the molecule is CCCCOC(=O)C1C2CCC(C2)N1C(=O)c1ccccc1. The van der Waals surface area contributed by atoms with Gasteiger partial charge < -0.3 is 9.64 Å². The summed E-state index contributed by atoms with van der Waals surface area (Å²) in [5.41, 5.74) is 0.654. The third kappa shape index (κ3) is 2.74. The zero-order valence-electron chi connectivity index (χ0n) is 13.0. The molecule has 1 amide bonds. The van der Waals surface area contributed by atoms with Gasteiger partial charge >= 0.3 is 5.97 Å². The summed E-state index contributed by atoms with van der Waals surface area (Å²) < 4.78 is 5.40. The molecule has 3 rings (SSSR count). The zero-order chi connectivity index (χ0) is 15.5. The summed E-state index contributed by atoms with van der Waals surface area (Å²) in [6.45, 7) is 2.52. The van der Waals surface area contributed by atoms with Crippen LogP contribution in [0.3, 0.4) is 0 Å². The van der Waals surface area contributed by atoms with Gasteiger partial charge in [-0.05, 0) is 43.7 Å². The first-order valence-electron chi connectivity index (χ1n) is 8.26. The largest absolute Gasteiger partial charge is 0.464 e. The molecule has 1 aromatic rings. The number of likely N-dealkylation sites (tertiary alicyclic amines) is 1. The van der Waals surface area contributed by atoms with Crippen LogP contribution >= 0.6 is 0 Å². The number of nitrogens with zero attached hydrogens (tertiary/aromatic N) is 1. The van der Waals surface area contributed by atoms with Gasteiger partial charge in [0.05, 0.1) is 6.61 Å². The van der Waals surface area contributed by atoms with Crippen molar-refractivity contribution in [1.29, 1.82) is 0 Å². The van der Waals surface area contributed by atoms with Crippen LogP contribution < -0.4 is 0 Å². The molecule has 3 unspecified atom stereocenters. The van der Waals surface area contributed by atoms with Crippen molar-refractivity contribution in [2.45, 2.75) is 51.1 Å². The molecular formula is C18H23NO3. The lowest BCUT2D eigenvalue weighted by Crippen LogP contribution is -2.49. The molecule has 4 nitrogen and oxygen atoms in total. The number of ether oxygens (including phenoxy) is 1. The van der Waals surface area contributed by atoms with Gasteiger partial charge in [0, 0.05) is 11.6 Å². The Balaban J connectivity index is 1.76. The van der Waals surface area contributed by atoms with Gasteiger partial charge in [0.2, 0.25) is 0 Å². The fraction of sp³-hybridized carbons (Fsp3) is 0.556. The van der Waals surface area contributed by atoms with E-state index in [9.17, 15) is 9.59 Å². The molecule has 0 radical (unpaired) electrons. The van der Waals surface area contributed by atoms with Crippen LogP contribution in [0.15, 0.2) is 30.3 Å². The minimum atomic E-state index is -0.386. The van der Waals surface area contributed by atoms with Crippen molar-refractivity contribution in [3.05, 3.63) is 35.9 Å². The van der Waals surface area contributed by atoms with Gasteiger partial charge in [-0.3, -0.25) is 4.79 Å². The molecule has 3 atom stereocenters. The molecule has 1 aliphatic heterocycles. The number of carbonyl (C=O) groups excluding carboxylic acids is 2. The normalized spacial score (nSPS) is 26.2. The summed E-state index contributed by atoms with van der Waals surface area (Å²) in [5, 5.41) is 0. The number of amides is 1. The fourth-order valence-corrected chi connectivity index (χ4v) is 3.72. The van der Waals surface area contributed by atoms with E-state index in [-0.39, 0.29) is 29.9 Å². The lowest BCUT2D eigenvalue weighted by Gasteiger charge is -2.33. The van der Waals surface area contributed by atoms with E-state index in [1.807, 2.05) is 30.3 Å².